The van der Waals surface area contributed by atoms with E-state index in [0.717, 1.165) is 50.8 Å². The van der Waals surface area contributed by atoms with Crippen LogP contribution in [0.25, 0.3) is 0 Å². The van der Waals surface area contributed by atoms with E-state index in [4.69, 9.17) is 0 Å². The van der Waals surface area contributed by atoms with E-state index in [9.17, 15) is 4.79 Å². The number of nitrogens with zero attached hydrogens (tertiary/aromatic N) is 3. The number of carbonyl (C=O) groups is 1. The van der Waals surface area contributed by atoms with Gasteiger partial charge in [0.05, 0.1) is 6.04 Å². The molecule has 0 saturated carbocycles. The molecule has 0 spiro atoms. The molecule has 0 aromatic carbocycles. The Hall–Kier alpha value is -1.62. The monoisotopic (exact) mass is 344 g/mol. The highest BCUT2D eigenvalue weighted by molar-refractivity contribution is 5.74. The van der Waals surface area contributed by atoms with E-state index in [0.29, 0.717) is 6.04 Å². The standard InChI is InChI=1S/C20H32N4O/c1-2-3-8-19(17-7-6-11-21-16-17)22-20(25)24-14-9-18(10-15-24)23-12-4-5-13-23/h6-7,11,16,18-19H,2-5,8-10,12-15H2,1H3,(H,22,25). The lowest BCUT2D eigenvalue weighted by atomic mass is 10.0. The van der Waals surface area contributed by atoms with Crippen molar-refractivity contribution in [2.24, 2.45) is 0 Å². The number of unbranched alkanes of at least 4 members (excludes halogenated alkanes) is 1. The zero-order chi connectivity index (χ0) is 17.5. The average Bonchev–Trinajstić information content (AvgIpc) is 3.20. The van der Waals surface area contributed by atoms with Crippen LogP contribution in [0.3, 0.4) is 0 Å². The van der Waals surface area contributed by atoms with Crippen LogP contribution < -0.4 is 5.32 Å². The van der Waals surface area contributed by atoms with E-state index in [1.807, 2.05) is 17.2 Å². The van der Waals surface area contributed by atoms with Crippen LogP contribution in [0.15, 0.2) is 24.5 Å². The van der Waals surface area contributed by atoms with Gasteiger partial charge in [0.25, 0.3) is 0 Å². The van der Waals surface area contributed by atoms with Gasteiger partial charge in [-0.3, -0.25) is 4.98 Å². The van der Waals surface area contributed by atoms with Gasteiger partial charge >= 0.3 is 6.03 Å². The molecule has 2 aliphatic heterocycles. The molecule has 1 atom stereocenters. The minimum atomic E-state index is 0.0671. The van der Waals surface area contributed by atoms with Gasteiger partial charge in [0, 0.05) is 31.5 Å². The van der Waals surface area contributed by atoms with Gasteiger partial charge in [-0.2, -0.15) is 0 Å². The van der Waals surface area contributed by atoms with Crippen molar-refractivity contribution in [1.82, 2.24) is 20.1 Å². The first-order valence-electron chi connectivity index (χ1n) is 9.97. The lowest BCUT2D eigenvalue weighted by Gasteiger charge is -2.37. The number of pyridine rings is 1. The third-order valence-corrected chi connectivity index (χ3v) is 5.64. The maximum atomic E-state index is 12.8. The number of nitrogens with one attached hydrogen (secondary N) is 1. The maximum Gasteiger partial charge on any atom is 0.317 e. The summed E-state index contributed by atoms with van der Waals surface area (Å²) in [5, 5.41) is 3.26. The Kier molecular flexibility index (Phi) is 6.68. The van der Waals surface area contributed by atoms with Gasteiger partial charge in [-0.15, -0.1) is 0 Å². The number of hydrogen-bond acceptors (Lipinski definition) is 3. The van der Waals surface area contributed by atoms with Crippen LogP contribution in [0, 0.1) is 0 Å². The summed E-state index contributed by atoms with van der Waals surface area (Å²) >= 11 is 0. The van der Waals surface area contributed by atoms with Crippen molar-refractivity contribution in [2.45, 2.75) is 64.0 Å². The van der Waals surface area contributed by atoms with Crippen LogP contribution >= 0.6 is 0 Å². The molecule has 0 radical (unpaired) electrons. The van der Waals surface area contributed by atoms with Crippen molar-refractivity contribution < 1.29 is 4.79 Å². The molecule has 0 aliphatic carbocycles. The largest absolute Gasteiger partial charge is 0.331 e. The fourth-order valence-electron chi connectivity index (χ4n) is 4.09. The number of likely N-dealkylation sites (tertiary alicyclic amines) is 2. The molecule has 2 amide bonds. The number of hydrogen-bond donors (Lipinski definition) is 1. The first-order valence-corrected chi connectivity index (χ1v) is 9.97. The first-order chi connectivity index (χ1) is 12.3. The van der Waals surface area contributed by atoms with Gasteiger partial charge in [-0.05, 0) is 56.8 Å². The SMILES string of the molecule is CCCCC(NC(=O)N1CCC(N2CCCC2)CC1)c1cccnc1. The van der Waals surface area contributed by atoms with Crippen LogP contribution in [0.2, 0.25) is 0 Å². The maximum absolute atomic E-state index is 12.8. The fraction of sp³-hybridized carbons (Fsp3) is 0.700. The van der Waals surface area contributed by atoms with E-state index in [2.05, 4.69) is 28.2 Å². The number of aromatic nitrogens is 1. The summed E-state index contributed by atoms with van der Waals surface area (Å²) in [6, 6.07) is 4.85. The predicted octanol–water partition coefficient (Wildman–Crippen LogP) is 3.58. The summed E-state index contributed by atoms with van der Waals surface area (Å²) in [4.78, 5) is 21.6. The zero-order valence-corrected chi connectivity index (χ0v) is 15.5. The van der Waals surface area contributed by atoms with Crippen molar-refractivity contribution in [1.29, 1.82) is 0 Å². The Morgan fingerprint density at radius 1 is 1.28 bits per heavy atom. The molecule has 0 bridgehead atoms. The predicted molar refractivity (Wildman–Crippen MR) is 100 cm³/mol. The molecule has 2 saturated heterocycles. The summed E-state index contributed by atoms with van der Waals surface area (Å²) in [5.74, 6) is 0. The number of rotatable bonds is 6. The van der Waals surface area contributed by atoms with Crippen LogP contribution in [-0.2, 0) is 0 Å². The van der Waals surface area contributed by atoms with Crippen molar-refractivity contribution in [3.05, 3.63) is 30.1 Å². The molecule has 3 rings (SSSR count). The fourth-order valence-corrected chi connectivity index (χ4v) is 4.09. The van der Waals surface area contributed by atoms with Crippen molar-refractivity contribution in [3.63, 3.8) is 0 Å². The summed E-state index contributed by atoms with van der Waals surface area (Å²) < 4.78 is 0. The Labute approximate surface area is 151 Å². The van der Waals surface area contributed by atoms with Gasteiger partial charge in [-0.1, -0.05) is 25.8 Å². The van der Waals surface area contributed by atoms with Crippen LogP contribution in [0.5, 0.6) is 0 Å². The van der Waals surface area contributed by atoms with Crippen molar-refractivity contribution >= 4 is 6.03 Å². The lowest BCUT2D eigenvalue weighted by Crippen LogP contribution is -2.49. The van der Waals surface area contributed by atoms with Gasteiger partial charge in [-0.25, -0.2) is 4.79 Å². The second-order valence-corrected chi connectivity index (χ2v) is 7.39. The second-order valence-electron chi connectivity index (χ2n) is 7.39. The molecule has 1 N–H and O–H groups in total. The van der Waals surface area contributed by atoms with Crippen LogP contribution in [0.1, 0.15) is 63.5 Å². The number of piperidine rings is 1. The van der Waals surface area contributed by atoms with Crippen LogP contribution in [0.4, 0.5) is 4.79 Å². The molecule has 1 aromatic rings. The minimum Gasteiger partial charge on any atom is -0.331 e. The number of amides is 2. The highest BCUT2D eigenvalue weighted by Gasteiger charge is 2.29. The van der Waals surface area contributed by atoms with E-state index in [1.54, 1.807) is 6.20 Å². The molecule has 1 unspecified atom stereocenters. The lowest BCUT2D eigenvalue weighted by molar-refractivity contribution is 0.132. The molecule has 3 heterocycles. The Bertz CT molecular complexity index is 522. The number of carbonyl (C=O) groups excluding carboxylic acids is 1. The average molecular weight is 345 g/mol. The molecule has 138 valence electrons. The van der Waals surface area contributed by atoms with Gasteiger partial charge in [0.1, 0.15) is 0 Å². The quantitative estimate of drug-likeness (QED) is 0.858. The summed E-state index contributed by atoms with van der Waals surface area (Å²) in [7, 11) is 0. The molecule has 25 heavy (non-hydrogen) atoms. The smallest absolute Gasteiger partial charge is 0.317 e. The minimum absolute atomic E-state index is 0.0671. The Morgan fingerprint density at radius 3 is 2.68 bits per heavy atom. The van der Waals surface area contributed by atoms with Crippen molar-refractivity contribution in [3.8, 4) is 0 Å². The summed E-state index contributed by atoms with van der Waals surface area (Å²) in [6.45, 7) is 6.43. The van der Waals surface area contributed by atoms with E-state index >= 15 is 0 Å². The highest BCUT2D eigenvalue weighted by Crippen LogP contribution is 2.23. The van der Waals surface area contributed by atoms with Gasteiger partial charge < -0.3 is 15.1 Å². The third kappa shape index (κ3) is 4.94. The Morgan fingerprint density at radius 2 is 2.04 bits per heavy atom. The molecular weight excluding hydrogens is 312 g/mol. The third-order valence-electron chi connectivity index (χ3n) is 5.64. The van der Waals surface area contributed by atoms with Gasteiger partial charge in [0.2, 0.25) is 0 Å². The Balaban J connectivity index is 1.52. The molecule has 1 aromatic heterocycles. The zero-order valence-electron chi connectivity index (χ0n) is 15.5. The molecule has 2 aliphatic rings. The number of urea groups is 1. The van der Waals surface area contributed by atoms with Crippen LogP contribution in [-0.4, -0.2) is 53.0 Å². The van der Waals surface area contributed by atoms with Crippen molar-refractivity contribution in [2.75, 3.05) is 26.2 Å². The summed E-state index contributed by atoms with van der Waals surface area (Å²) in [6.07, 6.45) is 11.8. The van der Waals surface area contributed by atoms with E-state index in [-0.39, 0.29) is 12.1 Å². The topological polar surface area (TPSA) is 48.5 Å². The highest BCUT2D eigenvalue weighted by atomic mass is 16.2. The molecule has 5 nitrogen and oxygen atoms in total. The normalized spacial score (nSPS) is 20.6. The van der Waals surface area contributed by atoms with Gasteiger partial charge in [0.15, 0.2) is 0 Å². The first kappa shape index (κ1) is 18.2. The second kappa shape index (κ2) is 9.18. The molecule has 2 fully saturated rings. The van der Waals surface area contributed by atoms with E-state index in [1.165, 1.54) is 25.9 Å². The van der Waals surface area contributed by atoms with E-state index < -0.39 is 0 Å². The summed E-state index contributed by atoms with van der Waals surface area (Å²) in [5.41, 5.74) is 1.11. The molecule has 5 heteroatoms. The molecular formula is C20H32N4O.